The second-order valence-corrected chi connectivity index (χ2v) is 4.56. The molecule has 0 spiro atoms. The number of hydrogen-bond acceptors (Lipinski definition) is 3. The van der Waals surface area contributed by atoms with Gasteiger partial charge in [0.25, 0.3) is 0 Å². The van der Waals surface area contributed by atoms with Crippen LogP contribution in [0.15, 0.2) is 42.7 Å². The van der Waals surface area contributed by atoms with Crippen LogP contribution in [0.1, 0.15) is 12.5 Å². The fraction of sp³-hybridized carbons (Fsp3) is 0.357. The first-order chi connectivity index (χ1) is 8.70. The monoisotopic (exact) mass is 245 g/mol. The van der Waals surface area contributed by atoms with E-state index in [1.54, 1.807) is 6.20 Å². The van der Waals surface area contributed by atoms with Crippen LogP contribution >= 0.6 is 0 Å². The van der Waals surface area contributed by atoms with Crippen LogP contribution in [0.3, 0.4) is 0 Å². The highest BCUT2D eigenvalue weighted by atomic mass is 16.3. The third kappa shape index (κ3) is 2.97. The number of hydrogen-bond donors (Lipinski definition) is 1. The van der Waals surface area contributed by atoms with Crippen molar-refractivity contribution in [2.75, 3.05) is 13.7 Å². The molecule has 4 nitrogen and oxygen atoms in total. The molecular weight excluding hydrogens is 226 g/mol. The summed E-state index contributed by atoms with van der Waals surface area (Å²) in [6, 6.07) is 10.4. The Morgan fingerprint density at radius 1 is 1.33 bits per heavy atom. The Labute approximate surface area is 107 Å². The van der Waals surface area contributed by atoms with Crippen molar-refractivity contribution >= 4 is 0 Å². The minimum atomic E-state index is 0.177. The van der Waals surface area contributed by atoms with Gasteiger partial charge in [0.1, 0.15) is 0 Å². The van der Waals surface area contributed by atoms with E-state index in [9.17, 15) is 0 Å². The maximum Gasteiger partial charge on any atom is 0.0645 e. The van der Waals surface area contributed by atoms with Crippen LogP contribution < -0.4 is 0 Å². The number of benzene rings is 1. The van der Waals surface area contributed by atoms with Gasteiger partial charge in [0, 0.05) is 25.0 Å². The fourth-order valence-electron chi connectivity index (χ4n) is 1.76. The third-order valence-corrected chi connectivity index (χ3v) is 3.15. The molecule has 1 aromatic heterocycles. The van der Waals surface area contributed by atoms with Crippen LogP contribution in [-0.2, 0) is 6.54 Å². The molecule has 0 aliphatic carbocycles. The van der Waals surface area contributed by atoms with Gasteiger partial charge in [0.05, 0.1) is 12.3 Å². The van der Waals surface area contributed by atoms with Gasteiger partial charge in [0.15, 0.2) is 0 Å². The number of aromatic nitrogens is 2. The maximum atomic E-state index is 9.10. The highest BCUT2D eigenvalue weighted by Crippen LogP contribution is 2.11. The largest absolute Gasteiger partial charge is 0.395 e. The van der Waals surface area contributed by atoms with Gasteiger partial charge in [0.2, 0.25) is 0 Å². The van der Waals surface area contributed by atoms with Gasteiger partial charge in [-0.1, -0.05) is 12.1 Å². The first-order valence-corrected chi connectivity index (χ1v) is 6.11. The molecule has 2 rings (SSSR count). The van der Waals surface area contributed by atoms with Crippen LogP contribution in [0.25, 0.3) is 5.69 Å². The SMILES string of the molecule is CC(CO)N(C)Cc1ccc(-n2cccn2)cc1. The lowest BCUT2D eigenvalue weighted by molar-refractivity contribution is 0.154. The molecule has 4 heteroatoms. The molecule has 0 bridgehead atoms. The smallest absolute Gasteiger partial charge is 0.0645 e. The van der Waals surface area contributed by atoms with E-state index in [-0.39, 0.29) is 12.6 Å². The number of rotatable bonds is 5. The van der Waals surface area contributed by atoms with Crippen molar-refractivity contribution in [1.82, 2.24) is 14.7 Å². The lowest BCUT2D eigenvalue weighted by Gasteiger charge is -2.22. The van der Waals surface area contributed by atoms with Gasteiger partial charge in [-0.15, -0.1) is 0 Å². The molecule has 1 atom stereocenters. The zero-order valence-corrected chi connectivity index (χ0v) is 10.8. The molecule has 0 aliphatic heterocycles. The lowest BCUT2D eigenvalue weighted by Crippen LogP contribution is -2.31. The van der Waals surface area contributed by atoms with E-state index in [0.29, 0.717) is 0 Å². The molecule has 0 amide bonds. The second kappa shape index (κ2) is 5.80. The summed E-state index contributed by atoms with van der Waals surface area (Å²) >= 11 is 0. The van der Waals surface area contributed by atoms with E-state index in [0.717, 1.165) is 12.2 Å². The van der Waals surface area contributed by atoms with Crippen molar-refractivity contribution < 1.29 is 5.11 Å². The Balaban J connectivity index is 2.04. The molecular formula is C14H19N3O. The van der Waals surface area contributed by atoms with E-state index in [4.69, 9.17) is 5.11 Å². The van der Waals surface area contributed by atoms with Gasteiger partial charge in [-0.25, -0.2) is 4.68 Å². The van der Waals surface area contributed by atoms with Gasteiger partial charge < -0.3 is 5.11 Å². The molecule has 1 N–H and O–H groups in total. The third-order valence-electron chi connectivity index (χ3n) is 3.15. The Morgan fingerprint density at radius 2 is 2.06 bits per heavy atom. The van der Waals surface area contributed by atoms with Crippen molar-refractivity contribution in [1.29, 1.82) is 0 Å². The lowest BCUT2D eigenvalue weighted by atomic mass is 10.2. The molecule has 0 fully saturated rings. The summed E-state index contributed by atoms with van der Waals surface area (Å²) in [6.07, 6.45) is 3.69. The number of nitrogens with zero attached hydrogens (tertiary/aromatic N) is 3. The zero-order valence-electron chi connectivity index (χ0n) is 10.8. The predicted octanol–water partition coefficient (Wildman–Crippen LogP) is 1.68. The molecule has 0 aliphatic rings. The van der Waals surface area contributed by atoms with Crippen molar-refractivity contribution in [3.8, 4) is 5.69 Å². The summed E-state index contributed by atoms with van der Waals surface area (Å²) in [7, 11) is 2.02. The van der Waals surface area contributed by atoms with E-state index in [1.807, 2.05) is 30.9 Å². The van der Waals surface area contributed by atoms with Crippen LogP contribution in [0.2, 0.25) is 0 Å². The summed E-state index contributed by atoms with van der Waals surface area (Å²) < 4.78 is 1.84. The van der Waals surface area contributed by atoms with Crippen molar-refractivity contribution in [2.45, 2.75) is 19.5 Å². The molecule has 1 heterocycles. The first kappa shape index (κ1) is 12.8. The zero-order chi connectivity index (χ0) is 13.0. The minimum absolute atomic E-state index is 0.177. The van der Waals surface area contributed by atoms with Gasteiger partial charge in [-0.05, 0) is 37.7 Å². The molecule has 0 saturated carbocycles. The van der Waals surface area contributed by atoms with Crippen molar-refractivity contribution in [3.63, 3.8) is 0 Å². The quantitative estimate of drug-likeness (QED) is 0.871. The Morgan fingerprint density at radius 3 is 2.61 bits per heavy atom. The number of aliphatic hydroxyl groups excluding tert-OH is 1. The van der Waals surface area contributed by atoms with Gasteiger partial charge in [-0.3, -0.25) is 4.90 Å². The average Bonchev–Trinajstić information content (AvgIpc) is 2.92. The predicted molar refractivity (Wildman–Crippen MR) is 71.6 cm³/mol. The fourth-order valence-corrected chi connectivity index (χ4v) is 1.76. The molecule has 2 aromatic rings. The van der Waals surface area contributed by atoms with Crippen LogP contribution in [0.4, 0.5) is 0 Å². The van der Waals surface area contributed by atoms with E-state index in [1.165, 1.54) is 5.56 Å². The minimum Gasteiger partial charge on any atom is -0.395 e. The van der Waals surface area contributed by atoms with Crippen molar-refractivity contribution in [2.24, 2.45) is 0 Å². The van der Waals surface area contributed by atoms with E-state index in [2.05, 4.69) is 34.3 Å². The van der Waals surface area contributed by atoms with E-state index < -0.39 is 0 Å². The maximum absolute atomic E-state index is 9.10. The summed E-state index contributed by atoms with van der Waals surface area (Å²) in [5.74, 6) is 0. The van der Waals surface area contributed by atoms with Gasteiger partial charge >= 0.3 is 0 Å². The first-order valence-electron chi connectivity index (χ1n) is 6.11. The van der Waals surface area contributed by atoms with Crippen molar-refractivity contribution in [3.05, 3.63) is 48.3 Å². The Hall–Kier alpha value is -1.65. The molecule has 0 saturated heterocycles. The molecule has 1 aromatic carbocycles. The summed E-state index contributed by atoms with van der Waals surface area (Å²) in [5, 5.41) is 13.3. The molecule has 96 valence electrons. The summed E-state index contributed by atoms with van der Waals surface area (Å²) in [6.45, 7) is 3.03. The molecule has 0 radical (unpaired) electrons. The summed E-state index contributed by atoms with van der Waals surface area (Å²) in [5.41, 5.74) is 2.29. The Bertz CT molecular complexity index is 464. The second-order valence-electron chi connectivity index (χ2n) is 4.56. The Kier molecular flexibility index (Phi) is 4.12. The molecule has 1 unspecified atom stereocenters. The van der Waals surface area contributed by atoms with Crippen LogP contribution in [0.5, 0.6) is 0 Å². The molecule has 18 heavy (non-hydrogen) atoms. The van der Waals surface area contributed by atoms with Crippen LogP contribution in [-0.4, -0.2) is 39.5 Å². The highest BCUT2D eigenvalue weighted by molar-refractivity contribution is 5.33. The summed E-state index contributed by atoms with van der Waals surface area (Å²) in [4.78, 5) is 2.13. The van der Waals surface area contributed by atoms with E-state index >= 15 is 0 Å². The number of likely N-dealkylation sites (N-methyl/N-ethyl adjacent to an activating group) is 1. The number of aliphatic hydroxyl groups is 1. The topological polar surface area (TPSA) is 41.3 Å². The standard InChI is InChI=1S/C14H19N3O/c1-12(11-18)16(2)10-13-4-6-14(7-5-13)17-9-3-8-15-17/h3-9,12,18H,10-11H2,1-2H3. The highest BCUT2D eigenvalue weighted by Gasteiger charge is 2.08. The normalized spacial score (nSPS) is 12.9. The van der Waals surface area contributed by atoms with Gasteiger partial charge in [-0.2, -0.15) is 5.10 Å². The van der Waals surface area contributed by atoms with Crippen LogP contribution in [0, 0.1) is 0 Å². The average molecular weight is 245 g/mol.